The average molecular weight is 421 g/mol. The maximum atomic E-state index is 13.2. The van der Waals surface area contributed by atoms with Crippen molar-refractivity contribution < 1.29 is 19.7 Å². The maximum absolute atomic E-state index is 13.2. The number of methoxy groups -OCH3 is 1. The molecule has 4 saturated carbocycles. The second-order valence-corrected chi connectivity index (χ2v) is 11.9. The fraction of sp³-hybridized carbons (Fsp3) is 0.962. The van der Waals surface area contributed by atoms with E-state index in [9.17, 15) is 15.0 Å². The van der Waals surface area contributed by atoms with E-state index in [1.165, 1.54) is 39.2 Å². The number of aliphatic hydroxyl groups excluding tert-OH is 2. The van der Waals surface area contributed by atoms with Crippen molar-refractivity contribution in [2.45, 2.75) is 104 Å². The van der Waals surface area contributed by atoms with Crippen molar-refractivity contribution in [3.8, 4) is 0 Å². The summed E-state index contributed by atoms with van der Waals surface area (Å²) in [5.41, 5.74) is -0.886. The number of rotatable bonds is 4. The summed E-state index contributed by atoms with van der Waals surface area (Å²) >= 11 is 0. The molecular weight excluding hydrogens is 376 g/mol. The predicted molar refractivity (Wildman–Crippen MR) is 118 cm³/mol. The molecule has 4 aliphatic carbocycles. The van der Waals surface area contributed by atoms with E-state index in [-0.39, 0.29) is 11.4 Å². The van der Waals surface area contributed by atoms with Crippen LogP contribution in [0.4, 0.5) is 0 Å². The molecule has 0 amide bonds. The Morgan fingerprint density at radius 2 is 1.83 bits per heavy atom. The standard InChI is InChI=1S/C26H44O4/c1-6-7-16(2)19-8-9-20-18-14-22(28)26(23(29)30-5)15-17(27)10-13-25(26,4)21(18)11-12-24(19,20)3/h16-22,27-28H,6-15H2,1-5H3/t16-,17?,18+,19-,20+,21+,22?,24-,25-,26?/m1/s1. The third-order valence-corrected chi connectivity index (χ3v) is 10.9. The number of aliphatic hydroxyl groups is 2. The summed E-state index contributed by atoms with van der Waals surface area (Å²) in [7, 11) is 1.44. The largest absolute Gasteiger partial charge is 0.468 e. The highest BCUT2D eigenvalue weighted by atomic mass is 16.5. The minimum Gasteiger partial charge on any atom is -0.468 e. The lowest BCUT2D eigenvalue weighted by Gasteiger charge is -2.66. The van der Waals surface area contributed by atoms with E-state index in [0.29, 0.717) is 36.0 Å². The molecule has 4 fully saturated rings. The van der Waals surface area contributed by atoms with E-state index in [2.05, 4.69) is 27.7 Å². The summed E-state index contributed by atoms with van der Waals surface area (Å²) in [4.78, 5) is 13.2. The quantitative estimate of drug-likeness (QED) is 0.631. The molecule has 4 rings (SSSR count). The molecule has 0 aromatic heterocycles. The first-order chi connectivity index (χ1) is 14.2. The van der Waals surface area contributed by atoms with Gasteiger partial charge in [-0.1, -0.05) is 40.5 Å². The first kappa shape index (κ1) is 22.6. The van der Waals surface area contributed by atoms with E-state index < -0.39 is 17.6 Å². The molecular formula is C26H44O4. The monoisotopic (exact) mass is 420 g/mol. The zero-order valence-corrected chi connectivity index (χ0v) is 19.8. The van der Waals surface area contributed by atoms with E-state index in [4.69, 9.17) is 4.74 Å². The van der Waals surface area contributed by atoms with Gasteiger partial charge in [-0.3, -0.25) is 4.79 Å². The van der Waals surface area contributed by atoms with Gasteiger partial charge in [-0.2, -0.15) is 0 Å². The Morgan fingerprint density at radius 1 is 1.10 bits per heavy atom. The van der Waals surface area contributed by atoms with E-state index in [1.54, 1.807) is 0 Å². The van der Waals surface area contributed by atoms with Crippen LogP contribution in [0, 0.1) is 45.8 Å². The van der Waals surface area contributed by atoms with Gasteiger partial charge in [0.25, 0.3) is 0 Å². The minimum atomic E-state index is -0.957. The summed E-state index contributed by atoms with van der Waals surface area (Å²) in [6.07, 6.45) is 8.86. The van der Waals surface area contributed by atoms with Gasteiger partial charge in [-0.25, -0.2) is 0 Å². The molecule has 3 unspecified atom stereocenters. The van der Waals surface area contributed by atoms with Gasteiger partial charge in [-0.05, 0) is 91.8 Å². The predicted octanol–water partition coefficient (Wildman–Crippen LogP) is 4.96. The minimum absolute atomic E-state index is 0.296. The number of esters is 1. The molecule has 0 aliphatic heterocycles. The van der Waals surface area contributed by atoms with Crippen LogP contribution < -0.4 is 0 Å². The number of carbonyl (C=O) groups is 1. The Kier molecular flexibility index (Phi) is 5.84. The summed E-state index contributed by atoms with van der Waals surface area (Å²) in [6, 6.07) is 0. The Morgan fingerprint density at radius 3 is 2.50 bits per heavy atom. The van der Waals surface area contributed by atoms with Crippen LogP contribution in [0.1, 0.15) is 91.9 Å². The molecule has 0 spiro atoms. The van der Waals surface area contributed by atoms with E-state index >= 15 is 0 Å². The normalized spacial score (nSPS) is 51.4. The van der Waals surface area contributed by atoms with Crippen molar-refractivity contribution >= 4 is 5.97 Å². The number of hydrogen-bond acceptors (Lipinski definition) is 4. The number of carbonyl (C=O) groups excluding carboxylic acids is 1. The van der Waals surface area contributed by atoms with Gasteiger partial charge in [-0.15, -0.1) is 0 Å². The fourth-order valence-electron chi connectivity index (χ4n) is 9.56. The first-order valence-electron chi connectivity index (χ1n) is 12.6. The molecule has 30 heavy (non-hydrogen) atoms. The summed E-state index contributed by atoms with van der Waals surface area (Å²) < 4.78 is 5.29. The fourth-order valence-corrected chi connectivity index (χ4v) is 9.56. The second-order valence-electron chi connectivity index (χ2n) is 11.9. The third-order valence-electron chi connectivity index (χ3n) is 10.9. The number of ether oxygens (including phenoxy) is 1. The Balaban J connectivity index is 1.69. The second kappa shape index (κ2) is 7.76. The lowest BCUT2D eigenvalue weighted by atomic mass is 9.39. The zero-order chi connectivity index (χ0) is 21.9. The summed E-state index contributed by atoms with van der Waals surface area (Å²) in [5, 5.41) is 22.0. The molecule has 0 aromatic carbocycles. The molecule has 0 aromatic rings. The van der Waals surface area contributed by atoms with Crippen molar-refractivity contribution in [1.82, 2.24) is 0 Å². The van der Waals surface area contributed by atoms with Gasteiger partial charge >= 0.3 is 5.97 Å². The van der Waals surface area contributed by atoms with Gasteiger partial charge in [0.15, 0.2) is 0 Å². The number of fused-ring (bicyclic) bond motifs is 5. The highest BCUT2D eigenvalue weighted by molar-refractivity contribution is 5.79. The van der Waals surface area contributed by atoms with Crippen molar-refractivity contribution in [3.63, 3.8) is 0 Å². The topological polar surface area (TPSA) is 66.8 Å². The molecule has 0 saturated heterocycles. The molecule has 4 nitrogen and oxygen atoms in total. The summed E-state index contributed by atoms with van der Waals surface area (Å²) in [6.45, 7) is 9.53. The van der Waals surface area contributed by atoms with Gasteiger partial charge < -0.3 is 14.9 Å². The molecule has 0 bridgehead atoms. The van der Waals surface area contributed by atoms with E-state index in [0.717, 1.165) is 31.1 Å². The lowest BCUT2D eigenvalue weighted by molar-refractivity contribution is -0.236. The Bertz CT molecular complexity index is 663. The molecule has 4 aliphatic rings. The highest BCUT2D eigenvalue weighted by Gasteiger charge is 2.70. The lowest BCUT2D eigenvalue weighted by Crippen LogP contribution is -2.67. The van der Waals surface area contributed by atoms with Crippen LogP contribution in [0.25, 0.3) is 0 Å². The Hall–Kier alpha value is -0.610. The molecule has 172 valence electrons. The average Bonchev–Trinajstić information content (AvgIpc) is 3.06. The highest BCUT2D eigenvalue weighted by Crippen LogP contribution is 2.71. The van der Waals surface area contributed by atoms with Crippen LogP contribution in [-0.4, -0.2) is 35.5 Å². The van der Waals surface area contributed by atoms with Gasteiger partial charge in [0, 0.05) is 0 Å². The first-order valence-corrected chi connectivity index (χ1v) is 12.6. The number of hydrogen-bond donors (Lipinski definition) is 2. The van der Waals surface area contributed by atoms with Crippen LogP contribution >= 0.6 is 0 Å². The van der Waals surface area contributed by atoms with Crippen molar-refractivity contribution in [2.75, 3.05) is 7.11 Å². The Labute approximate surface area is 183 Å². The van der Waals surface area contributed by atoms with Gasteiger partial charge in [0.2, 0.25) is 0 Å². The third kappa shape index (κ3) is 2.88. The molecule has 10 atom stereocenters. The maximum Gasteiger partial charge on any atom is 0.315 e. The van der Waals surface area contributed by atoms with Crippen molar-refractivity contribution in [1.29, 1.82) is 0 Å². The van der Waals surface area contributed by atoms with Crippen LogP contribution in [0.15, 0.2) is 0 Å². The molecule has 0 radical (unpaired) electrons. The van der Waals surface area contributed by atoms with Crippen LogP contribution in [-0.2, 0) is 9.53 Å². The van der Waals surface area contributed by atoms with Crippen LogP contribution in [0.2, 0.25) is 0 Å². The SMILES string of the molecule is CCC[C@@H](C)[C@H]1CC[C@H]2[C@@H]3CC(O)C4(C(=O)OC)CC(O)CC[C@]4(C)[C@H]3CC[C@]12C. The molecule has 2 N–H and O–H groups in total. The van der Waals surface area contributed by atoms with Crippen LogP contribution in [0.3, 0.4) is 0 Å². The summed E-state index contributed by atoms with van der Waals surface area (Å²) in [5.74, 6) is 2.82. The van der Waals surface area contributed by atoms with E-state index in [1.807, 2.05) is 0 Å². The zero-order valence-electron chi connectivity index (χ0n) is 19.8. The van der Waals surface area contributed by atoms with Gasteiger partial charge in [0.05, 0.1) is 19.3 Å². The van der Waals surface area contributed by atoms with Crippen LogP contribution in [0.5, 0.6) is 0 Å². The smallest absolute Gasteiger partial charge is 0.315 e. The molecule has 4 heteroatoms. The van der Waals surface area contributed by atoms with Gasteiger partial charge in [0.1, 0.15) is 5.41 Å². The van der Waals surface area contributed by atoms with Crippen molar-refractivity contribution in [3.05, 3.63) is 0 Å². The molecule has 0 heterocycles. The van der Waals surface area contributed by atoms with Crippen molar-refractivity contribution in [2.24, 2.45) is 45.8 Å².